The average Bonchev–Trinajstić information content (AvgIpc) is 2.77. The molecule has 200 valence electrons. The zero-order valence-electron chi connectivity index (χ0n) is 21.9. The fraction of sp³-hybridized carbons (Fsp3) is 0.739. The first-order chi connectivity index (χ1) is 16.2. The van der Waals surface area contributed by atoms with Crippen molar-refractivity contribution in [3.8, 4) is 0 Å². The smallest absolute Gasteiger partial charge is 0.278 e. The van der Waals surface area contributed by atoms with Crippen LogP contribution in [0.5, 0.6) is 0 Å². The van der Waals surface area contributed by atoms with Gasteiger partial charge in [0.05, 0.1) is 12.1 Å². The first kappa shape index (κ1) is 32.1. The average molecular weight is 501 g/mol. The van der Waals surface area contributed by atoms with E-state index in [1.807, 2.05) is 0 Å². The van der Waals surface area contributed by atoms with Crippen LogP contribution in [-0.2, 0) is 28.8 Å². The topological polar surface area (TPSA) is 206 Å². The molecule has 0 aromatic heterocycles. The maximum Gasteiger partial charge on any atom is 0.278 e. The van der Waals surface area contributed by atoms with Gasteiger partial charge in [0.15, 0.2) is 23.7 Å². The van der Waals surface area contributed by atoms with Crippen LogP contribution in [0.15, 0.2) is 0 Å². The lowest BCUT2D eigenvalue weighted by atomic mass is 9.99. The van der Waals surface area contributed by atoms with Gasteiger partial charge in [-0.3, -0.25) is 28.8 Å². The zero-order valence-corrected chi connectivity index (χ0v) is 21.9. The molecule has 0 saturated carbocycles. The van der Waals surface area contributed by atoms with Crippen molar-refractivity contribution in [2.24, 2.45) is 11.8 Å². The first-order valence-corrected chi connectivity index (χ1v) is 12.0. The molecule has 0 aliphatic rings. The van der Waals surface area contributed by atoms with Gasteiger partial charge in [0.2, 0.25) is 11.8 Å². The molecule has 0 rings (SSSR count). The monoisotopic (exact) mass is 500 g/mol. The van der Waals surface area contributed by atoms with Gasteiger partial charge in [0.1, 0.15) is 0 Å². The fourth-order valence-corrected chi connectivity index (χ4v) is 2.87. The third-order valence-electron chi connectivity index (χ3n) is 5.44. The van der Waals surface area contributed by atoms with Crippen LogP contribution in [0, 0.1) is 11.8 Å². The van der Waals surface area contributed by atoms with Crippen molar-refractivity contribution < 1.29 is 40.2 Å². The normalized spacial score (nSPS) is 16.0. The molecule has 6 atom stereocenters. The van der Waals surface area contributed by atoms with Gasteiger partial charge >= 0.3 is 0 Å². The van der Waals surface area contributed by atoms with Gasteiger partial charge < -0.3 is 32.7 Å². The van der Waals surface area contributed by atoms with Gasteiger partial charge in [0.25, 0.3) is 11.8 Å². The van der Waals surface area contributed by atoms with Crippen LogP contribution in [0.1, 0.15) is 60.8 Å². The summed E-state index contributed by atoms with van der Waals surface area (Å²) < 4.78 is 0. The van der Waals surface area contributed by atoms with Gasteiger partial charge in [-0.2, -0.15) is 0 Å². The van der Waals surface area contributed by atoms with E-state index in [4.69, 9.17) is 0 Å². The molecule has 0 saturated heterocycles. The quantitative estimate of drug-likeness (QED) is 0.122. The van der Waals surface area contributed by atoms with E-state index in [2.05, 4.69) is 32.7 Å². The fourth-order valence-electron chi connectivity index (χ4n) is 2.87. The van der Waals surface area contributed by atoms with Gasteiger partial charge in [-0.15, -0.1) is 0 Å². The van der Waals surface area contributed by atoms with Crippen LogP contribution in [0.4, 0.5) is 0 Å². The van der Waals surface area contributed by atoms with Gasteiger partial charge in [-0.05, 0) is 34.1 Å². The maximum atomic E-state index is 12.2. The van der Waals surface area contributed by atoms with E-state index in [-0.39, 0.29) is 48.0 Å². The molecule has 0 radical (unpaired) electrons. The molecule has 0 aliphatic carbocycles. The predicted molar refractivity (Wildman–Crippen MR) is 128 cm³/mol. The minimum Gasteiger partial charge on any atom is -0.356 e. The Bertz CT molecular complexity index is 708. The van der Waals surface area contributed by atoms with Crippen molar-refractivity contribution in [3.05, 3.63) is 0 Å². The minimum atomic E-state index is -0.697. The molecule has 0 fully saturated rings. The van der Waals surface area contributed by atoms with Crippen molar-refractivity contribution >= 4 is 35.2 Å². The molecule has 12 nitrogen and oxygen atoms in total. The number of hydrogen-bond acceptors (Lipinski definition) is 6. The van der Waals surface area contributed by atoms with Gasteiger partial charge in [0, 0.05) is 37.8 Å². The standard InChI is InChI=1S/C23H42N6O6/c1-12(10-18(30)16(5)28-22(34)14(3)24)20(32)26-8-7-9-27-21(33)13(2)11-19(31)17(6)29-23(35)15(4)25/h12-17H,7-11,24-25H2,1-6H3,(H,26,32)(H,27,33)(H,28,34)(H,29,35)/p+2. The highest BCUT2D eigenvalue weighted by Gasteiger charge is 2.25. The number of nitrogens with one attached hydrogen (secondary N) is 4. The summed E-state index contributed by atoms with van der Waals surface area (Å²) in [6, 6.07) is -2.35. The number of carbonyl (C=O) groups is 6. The van der Waals surface area contributed by atoms with Gasteiger partial charge in [-0.25, -0.2) is 0 Å². The summed E-state index contributed by atoms with van der Waals surface area (Å²) in [5.41, 5.74) is 7.20. The third kappa shape index (κ3) is 13.0. The minimum absolute atomic E-state index is 0.00631. The number of ketones is 2. The largest absolute Gasteiger partial charge is 0.356 e. The zero-order chi connectivity index (χ0) is 27.3. The molecular weight excluding hydrogens is 456 g/mol. The molecule has 4 amide bonds. The molecule has 10 N–H and O–H groups in total. The number of carbonyl (C=O) groups excluding carboxylic acids is 6. The summed E-state index contributed by atoms with van der Waals surface area (Å²) in [6.07, 6.45) is 0.460. The second-order valence-electron chi connectivity index (χ2n) is 9.34. The molecule has 35 heavy (non-hydrogen) atoms. The molecule has 6 unspecified atom stereocenters. The Morgan fingerprint density at radius 2 is 0.886 bits per heavy atom. The third-order valence-corrected chi connectivity index (χ3v) is 5.44. The highest BCUT2D eigenvalue weighted by atomic mass is 16.2. The Morgan fingerprint density at radius 3 is 1.17 bits per heavy atom. The number of hydrogen-bond donors (Lipinski definition) is 6. The Kier molecular flexibility index (Phi) is 14.6. The van der Waals surface area contributed by atoms with Crippen LogP contribution in [0.2, 0.25) is 0 Å². The highest BCUT2D eigenvalue weighted by molar-refractivity contribution is 5.93. The van der Waals surface area contributed by atoms with E-state index in [0.29, 0.717) is 19.5 Å². The Morgan fingerprint density at radius 1 is 0.571 bits per heavy atom. The molecular formula is C23H44N6O6+2. The molecule has 12 heteroatoms. The molecule has 0 aromatic carbocycles. The Hall–Kier alpha value is -2.86. The van der Waals surface area contributed by atoms with E-state index < -0.39 is 36.0 Å². The van der Waals surface area contributed by atoms with Crippen molar-refractivity contribution in [2.45, 2.75) is 85.0 Å². The predicted octanol–water partition coefficient (Wildman–Crippen LogP) is -2.93. The summed E-state index contributed by atoms with van der Waals surface area (Å²) in [4.78, 5) is 72.2. The molecule has 0 bridgehead atoms. The Balaban J connectivity index is 4.23. The van der Waals surface area contributed by atoms with Crippen molar-refractivity contribution in [1.82, 2.24) is 21.3 Å². The molecule has 0 heterocycles. The second kappa shape index (κ2) is 15.9. The summed E-state index contributed by atoms with van der Waals surface area (Å²) in [7, 11) is 0. The maximum absolute atomic E-state index is 12.2. The second-order valence-corrected chi connectivity index (χ2v) is 9.34. The molecule has 0 aromatic rings. The van der Waals surface area contributed by atoms with Crippen LogP contribution in [0.25, 0.3) is 0 Å². The van der Waals surface area contributed by atoms with E-state index in [1.54, 1.807) is 41.5 Å². The van der Waals surface area contributed by atoms with E-state index >= 15 is 0 Å². The van der Waals surface area contributed by atoms with Crippen LogP contribution >= 0.6 is 0 Å². The Labute approximate surface area is 207 Å². The van der Waals surface area contributed by atoms with Crippen molar-refractivity contribution in [2.75, 3.05) is 13.1 Å². The van der Waals surface area contributed by atoms with Crippen LogP contribution in [-0.4, -0.2) is 72.5 Å². The number of rotatable bonds is 16. The first-order valence-electron chi connectivity index (χ1n) is 12.0. The number of amides is 4. The molecule has 0 aliphatic heterocycles. The summed E-state index contributed by atoms with van der Waals surface area (Å²) in [6.45, 7) is 10.3. The van der Waals surface area contributed by atoms with E-state index in [1.165, 1.54) is 0 Å². The van der Waals surface area contributed by atoms with Crippen LogP contribution < -0.4 is 32.7 Å². The van der Waals surface area contributed by atoms with Crippen LogP contribution in [0.3, 0.4) is 0 Å². The number of quaternary nitrogens is 2. The summed E-state index contributed by atoms with van der Waals surface area (Å²) in [5, 5.41) is 10.6. The lowest BCUT2D eigenvalue weighted by Gasteiger charge is -2.17. The number of Topliss-reactive ketones (excluding diaryl/α,β-unsaturated/α-hetero) is 2. The SMILES string of the molecule is CC([NH3+])C(=O)NC(C)C(=O)CC(C)C(=O)NCCCNC(=O)C(C)CC(=O)C(C)NC(=O)C(C)[NH3+]. The molecule has 0 spiro atoms. The van der Waals surface area contributed by atoms with E-state index in [0.717, 1.165) is 0 Å². The lowest BCUT2D eigenvalue weighted by Crippen LogP contribution is -2.66. The lowest BCUT2D eigenvalue weighted by molar-refractivity contribution is -0.398. The van der Waals surface area contributed by atoms with Gasteiger partial charge in [-0.1, -0.05) is 13.8 Å². The highest BCUT2D eigenvalue weighted by Crippen LogP contribution is 2.07. The van der Waals surface area contributed by atoms with E-state index in [9.17, 15) is 28.8 Å². The van der Waals surface area contributed by atoms with Crippen molar-refractivity contribution in [1.29, 1.82) is 0 Å². The van der Waals surface area contributed by atoms with Crippen molar-refractivity contribution in [3.63, 3.8) is 0 Å². The summed E-state index contributed by atoms with van der Waals surface area (Å²) >= 11 is 0. The summed E-state index contributed by atoms with van der Waals surface area (Å²) in [5.74, 6) is -2.84.